The number of hydrogen-bond donors (Lipinski definition) is 3. The topological polar surface area (TPSA) is 44.3 Å². The van der Waals surface area contributed by atoms with E-state index in [9.17, 15) is 5.11 Å². The Bertz CT molecular complexity index is 416. The standard InChI is InChI=1S/C15H22N2O/c1-10(2)15-8-13(18)12(17-15)9-16-14(15)11-6-4-3-5-7-11/h3-7,10,12-14,16-18H,8-9H2,1-2H3. The van der Waals surface area contributed by atoms with Gasteiger partial charge in [0, 0.05) is 18.1 Å². The first-order valence-electron chi connectivity index (χ1n) is 6.87. The van der Waals surface area contributed by atoms with Crippen molar-refractivity contribution in [3.05, 3.63) is 35.9 Å². The van der Waals surface area contributed by atoms with Crippen molar-refractivity contribution in [1.29, 1.82) is 0 Å². The second-order valence-corrected chi connectivity index (χ2v) is 5.97. The zero-order valence-corrected chi connectivity index (χ0v) is 11.1. The molecule has 1 aromatic carbocycles. The summed E-state index contributed by atoms with van der Waals surface area (Å²) in [6, 6.07) is 11.1. The Morgan fingerprint density at radius 1 is 1.28 bits per heavy atom. The summed E-state index contributed by atoms with van der Waals surface area (Å²) < 4.78 is 0. The van der Waals surface area contributed by atoms with Crippen LogP contribution in [0.2, 0.25) is 0 Å². The van der Waals surface area contributed by atoms with Crippen molar-refractivity contribution in [3.8, 4) is 0 Å². The Morgan fingerprint density at radius 2 is 2.00 bits per heavy atom. The fraction of sp³-hybridized carbons (Fsp3) is 0.600. The lowest BCUT2D eigenvalue weighted by Crippen LogP contribution is -2.62. The SMILES string of the molecule is CC(C)C12CC(O)C(CNC1c1ccccc1)N2. The highest BCUT2D eigenvalue weighted by Gasteiger charge is 2.54. The highest BCUT2D eigenvalue weighted by Crippen LogP contribution is 2.43. The van der Waals surface area contributed by atoms with Gasteiger partial charge in [0.15, 0.2) is 0 Å². The summed E-state index contributed by atoms with van der Waals surface area (Å²) >= 11 is 0. The van der Waals surface area contributed by atoms with Crippen LogP contribution in [0.3, 0.4) is 0 Å². The minimum absolute atomic E-state index is 0.0241. The third kappa shape index (κ3) is 1.69. The van der Waals surface area contributed by atoms with E-state index in [0.717, 1.165) is 13.0 Å². The molecule has 1 aromatic rings. The normalized spacial score (nSPS) is 39.2. The number of benzene rings is 1. The summed E-state index contributed by atoms with van der Waals surface area (Å²) in [7, 11) is 0. The maximum atomic E-state index is 10.2. The predicted octanol–water partition coefficient (Wildman–Crippen LogP) is 1.45. The molecule has 2 aliphatic rings. The van der Waals surface area contributed by atoms with Crippen LogP contribution >= 0.6 is 0 Å². The van der Waals surface area contributed by atoms with Gasteiger partial charge in [0.1, 0.15) is 0 Å². The summed E-state index contributed by atoms with van der Waals surface area (Å²) in [6.07, 6.45) is 0.607. The van der Waals surface area contributed by atoms with E-state index in [-0.39, 0.29) is 23.7 Å². The number of fused-ring (bicyclic) bond motifs is 2. The second-order valence-electron chi connectivity index (χ2n) is 5.97. The molecule has 4 atom stereocenters. The van der Waals surface area contributed by atoms with Crippen LogP contribution in [0.25, 0.3) is 0 Å². The lowest BCUT2D eigenvalue weighted by atomic mass is 9.75. The van der Waals surface area contributed by atoms with Gasteiger partial charge in [0.05, 0.1) is 12.1 Å². The lowest BCUT2D eigenvalue weighted by Gasteiger charge is -2.45. The zero-order chi connectivity index (χ0) is 12.8. The second kappa shape index (κ2) is 4.34. The van der Waals surface area contributed by atoms with Gasteiger partial charge < -0.3 is 15.7 Å². The summed E-state index contributed by atoms with van der Waals surface area (Å²) in [5, 5.41) is 17.5. The van der Waals surface area contributed by atoms with E-state index in [1.54, 1.807) is 0 Å². The van der Waals surface area contributed by atoms with Gasteiger partial charge in [-0.2, -0.15) is 0 Å². The van der Waals surface area contributed by atoms with Crippen molar-refractivity contribution >= 4 is 0 Å². The van der Waals surface area contributed by atoms with Crippen LogP contribution in [0.5, 0.6) is 0 Å². The maximum Gasteiger partial charge on any atom is 0.0724 e. The monoisotopic (exact) mass is 246 g/mol. The maximum absolute atomic E-state index is 10.2. The Kier molecular flexibility index (Phi) is 2.93. The molecule has 0 aromatic heterocycles. The van der Waals surface area contributed by atoms with Crippen LogP contribution in [0.4, 0.5) is 0 Å². The van der Waals surface area contributed by atoms with Gasteiger partial charge in [-0.05, 0) is 17.9 Å². The van der Waals surface area contributed by atoms with Crippen LogP contribution in [0.15, 0.2) is 30.3 Å². The average Bonchev–Trinajstić information content (AvgIpc) is 2.64. The molecule has 2 aliphatic heterocycles. The Hall–Kier alpha value is -0.900. The number of piperazine rings is 1. The van der Waals surface area contributed by atoms with Crippen molar-refractivity contribution in [2.24, 2.45) is 5.92 Å². The lowest BCUT2D eigenvalue weighted by molar-refractivity contribution is 0.155. The molecular weight excluding hydrogens is 224 g/mol. The molecular formula is C15H22N2O. The molecule has 0 aliphatic carbocycles. The molecule has 0 saturated carbocycles. The molecule has 2 fully saturated rings. The molecule has 18 heavy (non-hydrogen) atoms. The van der Waals surface area contributed by atoms with Gasteiger partial charge in [-0.1, -0.05) is 44.2 Å². The van der Waals surface area contributed by atoms with Crippen molar-refractivity contribution in [3.63, 3.8) is 0 Å². The molecule has 3 rings (SSSR count). The Balaban J connectivity index is 1.99. The first kappa shape index (κ1) is 12.2. The van der Waals surface area contributed by atoms with E-state index in [4.69, 9.17) is 0 Å². The predicted molar refractivity (Wildman–Crippen MR) is 72.3 cm³/mol. The van der Waals surface area contributed by atoms with E-state index < -0.39 is 0 Å². The summed E-state index contributed by atoms with van der Waals surface area (Å²) in [4.78, 5) is 0. The molecule has 0 amide bonds. The van der Waals surface area contributed by atoms with Crippen LogP contribution in [-0.2, 0) is 0 Å². The molecule has 3 nitrogen and oxygen atoms in total. The van der Waals surface area contributed by atoms with E-state index in [1.807, 2.05) is 6.07 Å². The molecule has 2 saturated heterocycles. The number of aliphatic hydroxyl groups is 1. The Labute approximate surface area is 109 Å². The number of nitrogens with one attached hydrogen (secondary N) is 2. The molecule has 0 spiro atoms. The minimum Gasteiger partial charge on any atom is -0.391 e. The van der Waals surface area contributed by atoms with E-state index >= 15 is 0 Å². The molecule has 0 radical (unpaired) electrons. The average molecular weight is 246 g/mol. The van der Waals surface area contributed by atoms with Crippen LogP contribution < -0.4 is 10.6 Å². The smallest absolute Gasteiger partial charge is 0.0724 e. The summed E-state index contributed by atoms with van der Waals surface area (Å²) in [5.74, 6) is 0.482. The summed E-state index contributed by atoms with van der Waals surface area (Å²) in [6.45, 7) is 5.32. The van der Waals surface area contributed by atoms with Gasteiger partial charge >= 0.3 is 0 Å². The van der Waals surface area contributed by atoms with Crippen molar-refractivity contribution < 1.29 is 5.11 Å². The van der Waals surface area contributed by atoms with E-state index in [2.05, 4.69) is 48.7 Å². The molecule has 2 heterocycles. The van der Waals surface area contributed by atoms with Crippen LogP contribution in [0, 0.1) is 5.92 Å². The fourth-order valence-corrected chi connectivity index (χ4v) is 3.60. The quantitative estimate of drug-likeness (QED) is 0.740. The number of hydrogen-bond acceptors (Lipinski definition) is 3. The van der Waals surface area contributed by atoms with Crippen molar-refractivity contribution in [1.82, 2.24) is 10.6 Å². The van der Waals surface area contributed by atoms with Gasteiger partial charge in [-0.15, -0.1) is 0 Å². The minimum atomic E-state index is -0.228. The van der Waals surface area contributed by atoms with Gasteiger partial charge in [0.25, 0.3) is 0 Å². The highest BCUT2D eigenvalue weighted by molar-refractivity contribution is 5.28. The van der Waals surface area contributed by atoms with Crippen molar-refractivity contribution in [2.45, 2.75) is 44.0 Å². The number of aliphatic hydroxyl groups excluding tert-OH is 1. The summed E-state index contributed by atoms with van der Waals surface area (Å²) in [5.41, 5.74) is 1.29. The Morgan fingerprint density at radius 3 is 2.67 bits per heavy atom. The molecule has 98 valence electrons. The largest absolute Gasteiger partial charge is 0.391 e. The third-order valence-electron chi connectivity index (χ3n) is 4.69. The zero-order valence-electron chi connectivity index (χ0n) is 11.1. The fourth-order valence-electron chi connectivity index (χ4n) is 3.60. The van der Waals surface area contributed by atoms with Crippen LogP contribution in [-0.4, -0.2) is 29.3 Å². The highest BCUT2D eigenvalue weighted by atomic mass is 16.3. The van der Waals surface area contributed by atoms with Gasteiger partial charge in [-0.3, -0.25) is 0 Å². The first-order chi connectivity index (χ1) is 8.63. The van der Waals surface area contributed by atoms with Gasteiger partial charge in [-0.25, -0.2) is 0 Å². The molecule has 4 unspecified atom stereocenters. The first-order valence-corrected chi connectivity index (χ1v) is 6.87. The number of rotatable bonds is 2. The van der Waals surface area contributed by atoms with E-state index in [0.29, 0.717) is 5.92 Å². The third-order valence-corrected chi connectivity index (χ3v) is 4.69. The molecule has 2 bridgehead atoms. The van der Waals surface area contributed by atoms with Gasteiger partial charge in [0.2, 0.25) is 0 Å². The van der Waals surface area contributed by atoms with Crippen molar-refractivity contribution in [2.75, 3.05) is 6.54 Å². The van der Waals surface area contributed by atoms with E-state index in [1.165, 1.54) is 5.56 Å². The van der Waals surface area contributed by atoms with Crippen LogP contribution in [0.1, 0.15) is 31.9 Å². The molecule has 3 N–H and O–H groups in total. The molecule has 3 heteroatoms.